The lowest BCUT2D eigenvalue weighted by Crippen LogP contribution is -1.74. The molecule has 1 N–H and O–H groups in total. The molecule has 2 nitrogen and oxygen atoms in total. The molecule has 0 aliphatic heterocycles. The number of carbonyl (C=O) groups is 1. The first kappa shape index (κ1) is 9.03. The quantitative estimate of drug-likeness (QED) is 0.594. The van der Waals surface area contributed by atoms with E-state index in [0.29, 0.717) is 11.3 Å². The second-order valence-electron chi connectivity index (χ2n) is 2.90. The number of benzene rings is 1. The Hall–Kier alpha value is -1.54. The number of aldehydes is 1. The van der Waals surface area contributed by atoms with Gasteiger partial charge in [0, 0.05) is 22.7 Å². The van der Waals surface area contributed by atoms with Crippen LogP contribution >= 0.6 is 11.6 Å². The van der Waals surface area contributed by atoms with Gasteiger partial charge in [0.25, 0.3) is 0 Å². The molecule has 14 heavy (non-hydrogen) atoms. The van der Waals surface area contributed by atoms with Crippen molar-refractivity contribution in [3.63, 3.8) is 0 Å². The molecule has 2 rings (SSSR count). The van der Waals surface area contributed by atoms with Gasteiger partial charge in [-0.25, -0.2) is 0 Å². The summed E-state index contributed by atoms with van der Waals surface area (Å²) < 4.78 is 0. The molecular formula is C11H8ClNO. The normalized spacial score (nSPS) is 11.9. The molecule has 0 atom stereocenters. The Balaban J connectivity index is 2.64. The number of aromatic amines is 1. The highest BCUT2D eigenvalue weighted by Gasteiger charge is 2.04. The Morgan fingerprint density at radius 1 is 1.36 bits per heavy atom. The molecule has 0 saturated heterocycles. The van der Waals surface area contributed by atoms with E-state index >= 15 is 0 Å². The van der Waals surface area contributed by atoms with E-state index in [-0.39, 0.29) is 0 Å². The van der Waals surface area contributed by atoms with Gasteiger partial charge in [-0.3, -0.25) is 4.79 Å². The van der Waals surface area contributed by atoms with Crippen LogP contribution in [0.25, 0.3) is 15.9 Å². The summed E-state index contributed by atoms with van der Waals surface area (Å²) in [4.78, 5) is 13.4. The summed E-state index contributed by atoms with van der Waals surface area (Å²) in [6.45, 7) is 0. The Kier molecular flexibility index (Phi) is 2.37. The molecule has 0 unspecified atom stereocenters. The number of aromatic nitrogens is 1. The summed E-state index contributed by atoms with van der Waals surface area (Å²) in [5.74, 6) is 0. The molecule has 2 aromatic rings. The van der Waals surface area contributed by atoms with Crippen LogP contribution in [0.3, 0.4) is 0 Å². The highest BCUT2D eigenvalue weighted by atomic mass is 35.5. The molecule has 3 heteroatoms. The molecule has 0 amide bonds. The van der Waals surface area contributed by atoms with Crippen LogP contribution in [0.5, 0.6) is 0 Å². The van der Waals surface area contributed by atoms with Gasteiger partial charge < -0.3 is 4.98 Å². The van der Waals surface area contributed by atoms with E-state index in [1.54, 1.807) is 6.20 Å². The Morgan fingerprint density at radius 2 is 2.14 bits per heavy atom. The number of nitrogens with one attached hydrogen (secondary N) is 1. The lowest BCUT2D eigenvalue weighted by Gasteiger charge is -1.94. The van der Waals surface area contributed by atoms with E-state index in [1.165, 1.54) is 6.08 Å². The van der Waals surface area contributed by atoms with Crippen LogP contribution in [-0.4, -0.2) is 11.3 Å². The van der Waals surface area contributed by atoms with Gasteiger partial charge in [0.15, 0.2) is 0 Å². The Labute approximate surface area is 86.2 Å². The fourth-order valence-corrected chi connectivity index (χ4v) is 1.63. The molecule has 0 bridgehead atoms. The standard InChI is InChI=1S/C11H8ClNO/c12-10(5-6-14)9-7-13-11-4-2-1-3-8(9)11/h1-7,13H. The van der Waals surface area contributed by atoms with E-state index in [2.05, 4.69) is 4.98 Å². The number of fused-ring (bicyclic) bond motifs is 1. The van der Waals surface area contributed by atoms with Crippen molar-refractivity contribution in [1.82, 2.24) is 4.98 Å². The van der Waals surface area contributed by atoms with Gasteiger partial charge >= 0.3 is 0 Å². The molecule has 1 aromatic heterocycles. The van der Waals surface area contributed by atoms with Crippen LogP contribution in [0.15, 0.2) is 36.5 Å². The molecule has 70 valence electrons. The molecule has 0 aliphatic rings. The van der Waals surface area contributed by atoms with E-state index in [9.17, 15) is 4.79 Å². The number of H-pyrrole nitrogens is 1. The molecule has 0 aliphatic carbocycles. The highest BCUT2D eigenvalue weighted by molar-refractivity contribution is 6.50. The minimum Gasteiger partial charge on any atom is -0.361 e. The highest BCUT2D eigenvalue weighted by Crippen LogP contribution is 2.26. The molecule has 0 spiro atoms. The second-order valence-corrected chi connectivity index (χ2v) is 3.31. The zero-order valence-electron chi connectivity index (χ0n) is 7.33. The summed E-state index contributed by atoms with van der Waals surface area (Å²) in [5.41, 5.74) is 1.87. The number of allylic oxidation sites excluding steroid dienone is 1. The number of rotatable bonds is 2. The van der Waals surface area contributed by atoms with Crippen molar-refractivity contribution in [2.24, 2.45) is 0 Å². The van der Waals surface area contributed by atoms with Gasteiger partial charge in [0.1, 0.15) is 6.29 Å². The number of hydrogen-bond donors (Lipinski definition) is 1. The maximum atomic E-state index is 10.3. The minimum absolute atomic E-state index is 0.456. The lowest BCUT2D eigenvalue weighted by molar-refractivity contribution is -0.104. The van der Waals surface area contributed by atoms with Gasteiger partial charge in [0.05, 0.1) is 5.03 Å². The molecule has 0 radical (unpaired) electrons. The van der Waals surface area contributed by atoms with Crippen molar-refractivity contribution < 1.29 is 4.79 Å². The monoisotopic (exact) mass is 205 g/mol. The second kappa shape index (κ2) is 3.68. The Bertz CT molecular complexity index is 499. The first-order chi connectivity index (χ1) is 6.83. The fourth-order valence-electron chi connectivity index (χ4n) is 1.42. The van der Waals surface area contributed by atoms with Gasteiger partial charge in [-0.05, 0) is 12.1 Å². The molecule has 0 fully saturated rings. The maximum absolute atomic E-state index is 10.3. The van der Waals surface area contributed by atoms with Crippen LogP contribution in [-0.2, 0) is 4.79 Å². The smallest absolute Gasteiger partial charge is 0.144 e. The van der Waals surface area contributed by atoms with Crippen LogP contribution in [0.4, 0.5) is 0 Å². The Morgan fingerprint density at radius 3 is 2.93 bits per heavy atom. The van der Waals surface area contributed by atoms with E-state index < -0.39 is 0 Å². The first-order valence-electron chi connectivity index (χ1n) is 4.20. The molecular weight excluding hydrogens is 198 g/mol. The summed E-state index contributed by atoms with van der Waals surface area (Å²) in [5, 5.41) is 1.48. The molecule has 1 heterocycles. The van der Waals surface area contributed by atoms with E-state index in [1.807, 2.05) is 24.3 Å². The summed E-state index contributed by atoms with van der Waals surface area (Å²) >= 11 is 5.94. The predicted octanol–water partition coefficient (Wildman–Crippen LogP) is 2.95. The third-order valence-corrected chi connectivity index (χ3v) is 2.39. The average Bonchev–Trinajstić information content (AvgIpc) is 2.61. The third kappa shape index (κ3) is 1.44. The maximum Gasteiger partial charge on any atom is 0.144 e. The van der Waals surface area contributed by atoms with Crippen LogP contribution < -0.4 is 0 Å². The summed E-state index contributed by atoms with van der Waals surface area (Å²) in [7, 11) is 0. The summed E-state index contributed by atoms with van der Waals surface area (Å²) in [6, 6.07) is 7.80. The number of carbonyl (C=O) groups excluding carboxylic acids is 1. The van der Waals surface area contributed by atoms with Crippen LogP contribution in [0, 0.1) is 0 Å². The van der Waals surface area contributed by atoms with Gasteiger partial charge in [-0.1, -0.05) is 29.8 Å². The van der Waals surface area contributed by atoms with E-state index in [4.69, 9.17) is 11.6 Å². The predicted molar refractivity (Wildman–Crippen MR) is 58.2 cm³/mol. The summed E-state index contributed by atoms with van der Waals surface area (Å²) in [6.07, 6.45) is 3.83. The van der Waals surface area contributed by atoms with Crippen molar-refractivity contribution in [3.05, 3.63) is 42.1 Å². The lowest BCUT2D eigenvalue weighted by atomic mass is 10.1. The topological polar surface area (TPSA) is 32.9 Å². The minimum atomic E-state index is 0.456. The van der Waals surface area contributed by atoms with Crippen molar-refractivity contribution in [2.45, 2.75) is 0 Å². The fraction of sp³-hybridized carbons (Fsp3) is 0. The van der Waals surface area contributed by atoms with Crippen molar-refractivity contribution in [1.29, 1.82) is 0 Å². The largest absolute Gasteiger partial charge is 0.361 e. The van der Waals surface area contributed by atoms with Crippen LogP contribution in [0.1, 0.15) is 5.56 Å². The third-order valence-electron chi connectivity index (χ3n) is 2.06. The van der Waals surface area contributed by atoms with Gasteiger partial charge in [-0.15, -0.1) is 0 Å². The van der Waals surface area contributed by atoms with E-state index in [0.717, 1.165) is 16.5 Å². The molecule has 0 saturated carbocycles. The van der Waals surface area contributed by atoms with Gasteiger partial charge in [-0.2, -0.15) is 0 Å². The number of hydrogen-bond acceptors (Lipinski definition) is 1. The first-order valence-corrected chi connectivity index (χ1v) is 4.58. The SMILES string of the molecule is O=CC=C(Cl)c1c[nH]c2ccccc12. The average molecular weight is 206 g/mol. The zero-order valence-corrected chi connectivity index (χ0v) is 8.08. The zero-order chi connectivity index (χ0) is 9.97. The van der Waals surface area contributed by atoms with Crippen LogP contribution in [0.2, 0.25) is 0 Å². The van der Waals surface area contributed by atoms with Crippen molar-refractivity contribution in [2.75, 3.05) is 0 Å². The van der Waals surface area contributed by atoms with Crippen molar-refractivity contribution in [3.8, 4) is 0 Å². The number of para-hydroxylation sites is 1. The van der Waals surface area contributed by atoms with Crippen molar-refractivity contribution >= 4 is 33.8 Å². The number of halogens is 1. The molecule has 1 aromatic carbocycles. The van der Waals surface area contributed by atoms with Gasteiger partial charge in [0.2, 0.25) is 0 Å².